The van der Waals surface area contributed by atoms with Crippen LogP contribution in [-0.2, 0) is 4.74 Å². The van der Waals surface area contributed by atoms with E-state index in [-0.39, 0.29) is 6.03 Å². The number of carbonyl (C=O) groups is 1. The molecule has 1 aliphatic heterocycles. The summed E-state index contributed by atoms with van der Waals surface area (Å²) in [6, 6.07) is 0.625. The Bertz CT molecular complexity index is 384. The molecule has 0 bridgehead atoms. The summed E-state index contributed by atoms with van der Waals surface area (Å²) in [7, 11) is 0. The van der Waals surface area contributed by atoms with Crippen LogP contribution in [0.3, 0.4) is 0 Å². The van der Waals surface area contributed by atoms with Crippen molar-refractivity contribution in [3.05, 3.63) is 11.6 Å². The highest BCUT2D eigenvalue weighted by atomic mass is 16.5. The molecule has 1 atom stereocenters. The van der Waals surface area contributed by atoms with Crippen LogP contribution < -0.4 is 5.32 Å². The SMILES string of the molecule is O=C(NCCC1=CCCCC1)N(CC1CCOC1)C1CC1. The van der Waals surface area contributed by atoms with Crippen LogP contribution >= 0.6 is 0 Å². The lowest BCUT2D eigenvalue weighted by Crippen LogP contribution is -2.44. The summed E-state index contributed by atoms with van der Waals surface area (Å²) in [4.78, 5) is 14.5. The van der Waals surface area contributed by atoms with Crippen LogP contribution in [0.15, 0.2) is 11.6 Å². The average molecular weight is 292 g/mol. The first kappa shape index (κ1) is 14.9. The predicted octanol–water partition coefficient (Wildman–Crippen LogP) is 3.09. The van der Waals surface area contributed by atoms with Gasteiger partial charge in [-0.2, -0.15) is 0 Å². The van der Waals surface area contributed by atoms with Crippen LogP contribution in [0.5, 0.6) is 0 Å². The number of hydrogen-bond acceptors (Lipinski definition) is 2. The first-order valence-electron chi connectivity index (χ1n) is 8.63. The molecule has 118 valence electrons. The summed E-state index contributed by atoms with van der Waals surface area (Å²) in [5.41, 5.74) is 1.53. The highest BCUT2D eigenvalue weighted by Gasteiger charge is 2.34. The van der Waals surface area contributed by atoms with E-state index in [0.717, 1.165) is 39.1 Å². The van der Waals surface area contributed by atoms with Crippen molar-refractivity contribution in [2.45, 2.75) is 57.4 Å². The minimum absolute atomic E-state index is 0.140. The Balaban J connectivity index is 1.42. The molecule has 4 nitrogen and oxygen atoms in total. The van der Waals surface area contributed by atoms with Gasteiger partial charge in [0.1, 0.15) is 0 Å². The van der Waals surface area contributed by atoms with Gasteiger partial charge >= 0.3 is 6.03 Å². The van der Waals surface area contributed by atoms with Gasteiger partial charge in [0.05, 0.1) is 6.61 Å². The standard InChI is InChI=1S/C17H28N2O2/c20-17(18-10-8-14-4-2-1-3-5-14)19(16-6-7-16)12-15-9-11-21-13-15/h4,15-16H,1-3,5-13H2,(H,18,20). The van der Waals surface area contributed by atoms with Crippen LogP contribution in [0.25, 0.3) is 0 Å². The van der Waals surface area contributed by atoms with Crippen molar-refractivity contribution < 1.29 is 9.53 Å². The quantitative estimate of drug-likeness (QED) is 0.764. The maximum Gasteiger partial charge on any atom is 0.317 e. The van der Waals surface area contributed by atoms with E-state index in [1.165, 1.54) is 44.1 Å². The Hall–Kier alpha value is -1.03. The smallest absolute Gasteiger partial charge is 0.317 e. The number of allylic oxidation sites excluding steroid dienone is 1. The predicted molar refractivity (Wildman–Crippen MR) is 83.2 cm³/mol. The molecule has 0 radical (unpaired) electrons. The normalized spacial score (nSPS) is 25.5. The third-order valence-electron chi connectivity index (χ3n) is 4.83. The van der Waals surface area contributed by atoms with Crippen molar-refractivity contribution in [2.75, 3.05) is 26.3 Å². The third-order valence-corrected chi connectivity index (χ3v) is 4.83. The fourth-order valence-corrected chi connectivity index (χ4v) is 3.35. The molecule has 3 aliphatic rings. The zero-order chi connectivity index (χ0) is 14.5. The van der Waals surface area contributed by atoms with E-state index in [2.05, 4.69) is 16.3 Å². The van der Waals surface area contributed by atoms with E-state index >= 15 is 0 Å². The highest BCUT2D eigenvalue weighted by molar-refractivity contribution is 5.74. The highest BCUT2D eigenvalue weighted by Crippen LogP contribution is 2.29. The van der Waals surface area contributed by atoms with Crippen molar-refractivity contribution in [3.8, 4) is 0 Å². The molecule has 0 aromatic heterocycles. The Kier molecular flexibility index (Phi) is 5.17. The zero-order valence-corrected chi connectivity index (χ0v) is 13.0. The van der Waals surface area contributed by atoms with Crippen molar-refractivity contribution in [2.24, 2.45) is 5.92 Å². The van der Waals surface area contributed by atoms with E-state index in [4.69, 9.17) is 4.74 Å². The van der Waals surface area contributed by atoms with E-state index in [1.807, 2.05) is 0 Å². The molecule has 2 amide bonds. The topological polar surface area (TPSA) is 41.6 Å². The van der Waals surface area contributed by atoms with Gasteiger partial charge < -0.3 is 15.0 Å². The molecule has 4 heteroatoms. The Morgan fingerprint density at radius 3 is 2.90 bits per heavy atom. The van der Waals surface area contributed by atoms with Crippen LogP contribution in [0.2, 0.25) is 0 Å². The number of nitrogens with zero attached hydrogens (tertiary/aromatic N) is 1. The van der Waals surface area contributed by atoms with Crippen molar-refractivity contribution >= 4 is 6.03 Å². The lowest BCUT2D eigenvalue weighted by molar-refractivity contribution is 0.162. The van der Waals surface area contributed by atoms with Crippen molar-refractivity contribution in [3.63, 3.8) is 0 Å². The van der Waals surface area contributed by atoms with Gasteiger partial charge in [-0.15, -0.1) is 0 Å². The van der Waals surface area contributed by atoms with Crippen LogP contribution in [0, 0.1) is 5.92 Å². The van der Waals surface area contributed by atoms with Gasteiger partial charge in [0.25, 0.3) is 0 Å². The van der Waals surface area contributed by atoms with Crippen LogP contribution in [0.1, 0.15) is 51.4 Å². The summed E-state index contributed by atoms with van der Waals surface area (Å²) in [6.07, 6.45) is 11.9. The van der Waals surface area contributed by atoms with Crippen molar-refractivity contribution in [1.82, 2.24) is 10.2 Å². The van der Waals surface area contributed by atoms with Gasteiger partial charge in [-0.25, -0.2) is 4.79 Å². The second-order valence-electron chi connectivity index (χ2n) is 6.70. The van der Waals surface area contributed by atoms with E-state index in [9.17, 15) is 4.79 Å². The molecule has 1 heterocycles. The number of rotatable bonds is 6. The summed E-state index contributed by atoms with van der Waals surface area (Å²) in [6.45, 7) is 3.34. The minimum Gasteiger partial charge on any atom is -0.381 e. The zero-order valence-electron chi connectivity index (χ0n) is 13.0. The molecule has 21 heavy (non-hydrogen) atoms. The summed E-state index contributed by atoms with van der Waals surface area (Å²) in [5, 5.41) is 3.13. The maximum atomic E-state index is 12.4. The van der Waals surface area contributed by atoms with E-state index in [1.54, 1.807) is 0 Å². The number of carbonyl (C=O) groups excluding carboxylic acids is 1. The number of nitrogens with one attached hydrogen (secondary N) is 1. The van der Waals surface area contributed by atoms with Crippen molar-refractivity contribution in [1.29, 1.82) is 0 Å². The molecule has 1 unspecified atom stereocenters. The monoisotopic (exact) mass is 292 g/mol. The summed E-state index contributed by atoms with van der Waals surface area (Å²) in [5.74, 6) is 0.539. The largest absolute Gasteiger partial charge is 0.381 e. The maximum absolute atomic E-state index is 12.4. The number of ether oxygens (including phenoxy) is 1. The Morgan fingerprint density at radius 2 is 2.24 bits per heavy atom. The fourth-order valence-electron chi connectivity index (χ4n) is 3.35. The molecular formula is C17H28N2O2. The van der Waals surface area contributed by atoms with Gasteiger partial charge in [0, 0.05) is 31.7 Å². The van der Waals surface area contributed by atoms with Gasteiger partial charge in [-0.3, -0.25) is 0 Å². The molecule has 2 aliphatic carbocycles. The lowest BCUT2D eigenvalue weighted by atomic mass is 9.97. The molecule has 1 saturated carbocycles. The number of hydrogen-bond donors (Lipinski definition) is 1. The summed E-state index contributed by atoms with van der Waals surface area (Å²) < 4.78 is 5.43. The second-order valence-corrected chi connectivity index (χ2v) is 6.70. The number of amides is 2. The molecule has 0 spiro atoms. The van der Waals surface area contributed by atoms with E-state index in [0.29, 0.717) is 12.0 Å². The molecule has 1 N–H and O–H groups in total. The first-order chi connectivity index (χ1) is 10.3. The molecule has 2 fully saturated rings. The number of urea groups is 1. The molecule has 1 saturated heterocycles. The third kappa shape index (κ3) is 4.47. The van der Waals surface area contributed by atoms with Gasteiger partial charge in [-0.1, -0.05) is 11.6 Å². The fraction of sp³-hybridized carbons (Fsp3) is 0.824. The average Bonchev–Trinajstić information content (AvgIpc) is 3.22. The van der Waals surface area contributed by atoms with Gasteiger partial charge in [0.15, 0.2) is 0 Å². The lowest BCUT2D eigenvalue weighted by Gasteiger charge is -2.25. The van der Waals surface area contributed by atoms with Gasteiger partial charge in [0.2, 0.25) is 0 Å². The molecule has 0 aromatic carbocycles. The molecular weight excluding hydrogens is 264 g/mol. The van der Waals surface area contributed by atoms with E-state index < -0.39 is 0 Å². The van der Waals surface area contributed by atoms with Crippen LogP contribution in [0.4, 0.5) is 4.79 Å². The van der Waals surface area contributed by atoms with Gasteiger partial charge in [-0.05, 0) is 51.4 Å². The Morgan fingerprint density at radius 1 is 1.33 bits per heavy atom. The molecule has 0 aromatic rings. The Labute approximate surface area is 127 Å². The summed E-state index contributed by atoms with van der Waals surface area (Å²) >= 11 is 0. The minimum atomic E-state index is 0.140. The molecule has 3 rings (SSSR count). The second kappa shape index (κ2) is 7.30. The van der Waals surface area contributed by atoms with Crippen LogP contribution in [-0.4, -0.2) is 43.3 Å². The first-order valence-corrected chi connectivity index (χ1v) is 8.63.